The van der Waals surface area contributed by atoms with Crippen molar-refractivity contribution in [1.82, 2.24) is 9.78 Å². The van der Waals surface area contributed by atoms with Crippen molar-refractivity contribution in [3.05, 3.63) is 39.6 Å². The summed E-state index contributed by atoms with van der Waals surface area (Å²) in [5, 5.41) is 6.97. The molecule has 5 nitrogen and oxygen atoms in total. The van der Waals surface area contributed by atoms with Gasteiger partial charge in [0.15, 0.2) is 0 Å². The quantitative estimate of drug-likeness (QED) is 0.904. The molecule has 0 saturated carbocycles. The van der Waals surface area contributed by atoms with E-state index in [0.29, 0.717) is 17.9 Å². The monoisotopic (exact) mass is 336 g/mol. The maximum Gasteiger partial charge on any atom is 0.276 e. The van der Waals surface area contributed by atoms with Crippen LogP contribution in [0, 0.1) is 13.8 Å². The average molecular weight is 337 g/mol. The molecule has 6 heteroatoms. The molecule has 0 atom stereocenters. The Balaban J connectivity index is 2.35. The number of amides is 1. The number of rotatable bonds is 3. The van der Waals surface area contributed by atoms with Crippen LogP contribution in [-0.2, 0) is 6.54 Å². The van der Waals surface area contributed by atoms with Gasteiger partial charge in [-0.2, -0.15) is 5.10 Å². The second-order valence-corrected chi connectivity index (χ2v) is 5.51. The lowest BCUT2D eigenvalue weighted by molar-refractivity contribution is 0.101. The molecule has 2 aromatic rings. The van der Waals surface area contributed by atoms with Gasteiger partial charge in [0, 0.05) is 11.0 Å². The van der Waals surface area contributed by atoms with E-state index in [9.17, 15) is 4.79 Å². The number of nitrogen functional groups attached to an aromatic ring is 1. The van der Waals surface area contributed by atoms with E-state index >= 15 is 0 Å². The summed E-state index contributed by atoms with van der Waals surface area (Å²) in [7, 11) is 0. The Bertz CT molecular complexity index is 640. The maximum atomic E-state index is 12.4. The molecule has 0 bridgehead atoms. The lowest BCUT2D eigenvalue weighted by Crippen LogP contribution is -2.19. The van der Waals surface area contributed by atoms with Crippen molar-refractivity contribution in [3.8, 4) is 0 Å². The zero-order chi connectivity index (χ0) is 14.9. The number of carbonyl (C=O) groups is 1. The second-order valence-electron chi connectivity index (χ2n) is 4.66. The van der Waals surface area contributed by atoms with E-state index in [0.717, 1.165) is 21.3 Å². The maximum absolute atomic E-state index is 12.4. The van der Waals surface area contributed by atoms with E-state index < -0.39 is 0 Å². The van der Waals surface area contributed by atoms with Gasteiger partial charge >= 0.3 is 0 Å². The van der Waals surface area contributed by atoms with Gasteiger partial charge in [0.25, 0.3) is 5.91 Å². The lowest BCUT2D eigenvalue weighted by atomic mass is 10.1. The molecule has 0 aliphatic carbocycles. The van der Waals surface area contributed by atoms with Crippen LogP contribution in [0.2, 0.25) is 0 Å². The Hall–Kier alpha value is -1.82. The Morgan fingerprint density at radius 2 is 2.15 bits per heavy atom. The van der Waals surface area contributed by atoms with Gasteiger partial charge < -0.3 is 11.1 Å². The SMILES string of the molecule is CCn1ncc(N)c1C(=O)Nc1c(C)cc(C)cc1Br. The third kappa shape index (κ3) is 2.70. The molecule has 3 N–H and O–H groups in total. The normalized spacial score (nSPS) is 10.6. The highest BCUT2D eigenvalue weighted by Gasteiger charge is 2.18. The van der Waals surface area contributed by atoms with Crippen molar-refractivity contribution in [2.75, 3.05) is 11.1 Å². The van der Waals surface area contributed by atoms with Crippen LogP contribution in [0.3, 0.4) is 0 Å². The molecule has 0 unspecified atom stereocenters. The number of anilines is 2. The fourth-order valence-corrected chi connectivity index (χ4v) is 2.91. The first-order valence-corrected chi connectivity index (χ1v) is 7.12. The number of aryl methyl sites for hydroxylation is 3. The highest BCUT2D eigenvalue weighted by atomic mass is 79.9. The summed E-state index contributed by atoms with van der Waals surface area (Å²) in [6, 6.07) is 3.98. The third-order valence-electron chi connectivity index (χ3n) is 3.05. The topological polar surface area (TPSA) is 72.9 Å². The number of hydrogen-bond donors (Lipinski definition) is 2. The number of halogens is 1. The standard InChI is InChI=1S/C14H17BrN4O/c1-4-19-13(11(16)7-17-19)14(20)18-12-9(3)5-8(2)6-10(12)15/h5-7H,4,16H2,1-3H3,(H,18,20). The van der Waals surface area contributed by atoms with Gasteiger partial charge in [0.1, 0.15) is 5.69 Å². The molecule has 2 rings (SSSR count). The molecule has 1 amide bonds. The molecule has 1 aromatic carbocycles. The van der Waals surface area contributed by atoms with Crippen LogP contribution >= 0.6 is 15.9 Å². The minimum atomic E-state index is -0.255. The first-order valence-electron chi connectivity index (χ1n) is 6.33. The van der Waals surface area contributed by atoms with Crippen molar-refractivity contribution in [2.24, 2.45) is 0 Å². The average Bonchev–Trinajstić information content (AvgIpc) is 2.74. The van der Waals surface area contributed by atoms with Gasteiger partial charge in [-0.1, -0.05) is 6.07 Å². The predicted molar refractivity (Wildman–Crippen MR) is 83.9 cm³/mol. The van der Waals surface area contributed by atoms with E-state index in [2.05, 4.69) is 26.3 Å². The van der Waals surface area contributed by atoms with Gasteiger partial charge in [-0.15, -0.1) is 0 Å². The first kappa shape index (κ1) is 14.6. The van der Waals surface area contributed by atoms with Crippen molar-refractivity contribution < 1.29 is 4.79 Å². The zero-order valence-corrected chi connectivity index (χ0v) is 13.3. The molecule has 106 valence electrons. The number of carbonyl (C=O) groups excluding carboxylic acids is 1. The highest BCUT2D eigenvalue weighted by Crippen LogP contribution is 2.28. The molecule has 1 aromatic heterocycles. The number of benzene rings is 1. The lowest BCUT2D eigenvalue weighted by Gasteiger charge is -2.12. The molecule has 0 fully saturated rings. The smallest absolute Gasteiger partial charge is 0.276 e. The second kappa shape index (κ2) is 5.66. The molecule has 1 heterocycles. The van der Waals surface area contributed by atoms with E-state index in [4.69, 9.17) is 5.73 Å². The van der Waals surface area contributed by atoms with Crippen LogP contribution in [0.4, 0.5) is 11.4 Å². The van der Waals surface area contributed by atoms with Crippen molar-refractivity contribution >= 4 is 33.2 Å². The number of nitrogens with two attached hydrogens (primary N) is 1. The summed E-state index contributed by atoms with van der Waals surface area (Å²) in [6.45, 7) is 6.46. The van der Waals surface area contributed by atoms with Gasteiger partial charge in [-0.25, -0.2) is 0 Å². The summed E-state index contributed by atoms with van der Waals surface area (Å²) in [6.07, 6.45) is 1.50. The number of aromatic nitrogens is 2. The fourth-order valence-electron chi connectivity index (χ4n) is 2.13. The van der Waals surface area contributed by atoms with Crippen LogP contribution < -0.4 is 11.1 Å². The van der Waals surface area contributed by atoms with Gasteiger partial charge in [0.2, 0.25) is 0 Å². The molecule has 0 spiro atoms. The van der Waals surface area contributed by atoms with Gasteiger partial charge in [-0.05, 0) is 53.9 Å². The van der Waals surface area contributed by atoms with Crippen LogP contribution in [0.1, 0.15) is 28.5 Å². The molecule has 0 saturated heterocycles. The van der Waals surface area contributed by atoms with Crippen LogP contribution in [0.25, 0.3) is 0 Å². The summed E-state index contributed by atoms with van der Waals surface area (Å²) in [5.41, 5.74) is 9.46. The summed E-state index contributed by atoms with van der Waals surface area (Å²) < 4.78 is 2.44. The number of nitrogens with zero attached hydrogens (tertiary/aromatic N) is 2. The van der Waals surface area contributed by atoms with E-state index in [-0.39, 0.29) is 5.91 Å². The highest BCUT2D eigenvalue weighted by molar-refractivity contribution is 9.10. The Labute approximate surface area is 126 Å². The van der Waals surface area contributed by atoms with E-state index in [1.807, 2.05) is 32.9 Å². The Morgan fingerprint density at radius 3 is 2.75 bits per heavy atom. The van der Waals surface area contributed by atoms with Crippen LogP contribution in [0.15, 0.2) is 22.8 Å². The molecular formula is C14H17BrN4O. The molecule has 0 aliphatic heterocycles. The van der Waals surface area contributed by atoms with Crippen molar-refractivity contribution in [3.63, 3.8) is 0 Å². The number of nitrogens with one attached hydrogen (secondary N) is 1. The zero-order valence-electron chi connectivity index (χ0n) is 11.7. The Morgan fingerprint density at radius 1 is 1.45 bits per heavy atom. The van der Waals surface area contributed by atoms with Gasteiger partial charge in [0.05, 0.1) is 17.6 Å². The minimum Gasteiger partial charge on any atom is -0.396 e. The third-order valence-corrected chi connectivity index (χ3v) is 3.68. The summed E-state index contributed by atoms with van der Waals surface area (Å²) in [4.78, 5) is 12.4. The van der Waals surface area contributed by atoms with E-state index in [1.165, 1.54) is 6.20 Å². The molecule has 20 heavy (non-hydrogen) atoms. The van der Waals surface area contributed by atoms with Crippen LogP contribution in [-0.4, -0.2) is 15.7 Å². The van der Waals surface area contributed by atoms with Crippen molar-refractivity contribution in [1.29, 1.82) is 0 Å². The predicted octanol–water partition coefficient (Wildman–Crippen LogP) is 3.12. The molecule has 0 radical (unpaired) electrons. The van der Waals surface area contributed by atoms with Gasteiger partial charge in [-0.3, -0.25) is 9.48 Å². The van der Waals surface area contributed by atoms with E-state index in [1.54, 1.807) is 4.68 Å². The summed E-state index contributed by atoms with van der Waals surface area (Å²) >= 11 is 3.48. The van der Waals surface area contributed by atoms with Crippen LogP contribution in [0.5, 0.6) is 0 Å². The summed E-state index contributed by atoms with van der Waals surface area (Å²) in [5.74, 6) is -0.255. The fraction of sp³-hybridized carbons (Fsp3) is 0.286. The Kier molecular flexibility index (Phi) is 4.13. The molecular weight excluding hydrogens is 320 g/mol. The largest absolute Gasteiger partial charge is 0.396 e. The van der Waals surface area contributed by atoms with Crippen molar-refractivity contribution in [2.45, 2.75) is 27.3 Å². The number of hydrogen-bond acceptors (Lipinski definition) is 3. The minimum absolute atomic E-state index is 0.255. The first-order chi connectivity index (χ1) is 9.43. The molecule has 0 aliphatic rings.